The van der Waals surface area contributed by atoms with Crippen molar-refractivity contribution < 1.29 is 22.9 Å². The van der Waals surface area contributed by atoms with Crippen LogP contribution in [-0.4, -0.2) is 72.9 Å². The van der Waals surface area contributed by atoms with E-state index >= 15 is 0 Å². The number of morpholine rings is 1. The number of hydrogen-bond donors (Lipinski definition) is 1. The van der Waals surface area contributed by atoms with Crippen molar-refractivity contribution in [1.29, 1.82) is 0 Å². The molecule has 2 aromatic rings. The smallest absolute Gasteiger partial charge is 0.270 e. The molecule has 2 fully saturated rings. The fourth-order valence-corrected chi connectivity index (χ4v) is 5.61. The predicted octanol–water partition coefficient (Wildman–Crippen LogP) is 1.26. The van der Waals surface area contributed by atoms with E-state index in [1.165, 1.54) is 28.8 Å². The van der Waals surface area contributed by atoms with E-state index in [0.29, 0.717) is 31.6 Å². The maximum Gasteiger partial charge on any atom is 0.270 e. The number of aromatic nitrogens is 2. The van der Waals surface area contributed by atoms with Crippen molar-refractivity contribution in [2.45, 2.75) is 17.7 Å². The van der Waals surface area contributed by atoms with Gasteiger partial charge < -0.3 is 9.64 Å². The highest BCUT2D eigenvalue weighted by Crippen LogP contribution is 2.34. The molecule has 1 N–H and O–H groups in total. The third-order valence-corrected chi connectivity index (χ3v) is 7.68. The van der Waals surface area contributed by atoms with Crippen LogP contribution in [0.25, 0.3) is 0 Å². The molecule has 1 aromatic heterocycles. The molecule has 13 heteroatoms. The predicted molar refractivity (Wildman–Crippen MR) is 118 cm³/mol. The summed E-state index contributed by atoms with van der Waals surface area (Å²) in [4.78, 5) is 33.0. The Labute approximate surface area is 190 Å². The largest absolute Gasteiger partial charge is 0.379 e. The molecule has 12 nitrogen and oxygen atoms in total. The van der Waals surface area contributed by atoms with Crippen LogP contribution < -0.4 is 10.2 Å². The molecule has 1 aromatic carbocycles. The van der Waals surface area contributed by atoms with Crippen molar-refractivity contribution in [3.05, 3.63) is 46.8 Å². The number of nitro benzene ring substituents is 1. The van der Waals surface area contributed by atoms with Gasteiger partial charge in [-0.25, -0.2) is 18.4 Å². The van der Waals surface area contributed by atoms with Gasteiger partial charge in [0, 0.05) is 56.6 Å². The van der Waals surface area contributed by atoms with Gasteiger partial charge in [-0.15, -0.1) is 0 Å². The molecule has 3 heterocycles. The number of nitro groups is 1. The monoisotopic (exact) mass is 476 g/mol. The summed E-state index contributed by atoms with van der Waals surface area (Å²) in [6.45, 7) is 1.78. The van der Waals surface area contributed by atoms with Crippen molar-refractivity contribution in [2.24, 2.45) is 5.92 Å². The summed E-state index contributed by atoms with van der Waals surface area (Å²) < 4.78 is 33.2. The SMILES string of the molecule is O=C(Nc1ncccn1)C1CCN(c2ccc([N+](=O)[O-])cc2S(=O)(=O)N2CCOCC2)CC1. The molecule has 0 unspecified atom stereocenters. The Balaban J connectivity index is 1.53. The number of anilines is 2. The molecule has 0 saturated carbocycles. The molecule has 2 saturated heterocycles. The summed E-state index contributed by atoms with van der Waals surface area (Å²) in [5, 5.41) is 14.0. The molecule has 0 aliphatic carbocycles. The first-order valence-corrected chi connectivity index (χ1v) is 12.0. The van der Waals surface area contributed by atoms with Gasteiger partial charge in [0.2, 0.25) is 21.9 Å². The van der Waals surface area contributed by atoms with Crippen molar-refractivity contribution in [2.75, 3.05) is 49.6 Å². The zero-order valence-electron chi connectivity index (χ0n) is 17.8. The highest BCUT2D eigenvalue weighted by atomic mass is 32.2. The quantitative estimate of drug-likeness (QED) is 0.480. The lowest BCUT2D eigenvalue weighted by atomic mass is 9.95. The van der Waals surface area contributed by atoms with Gasteiger partial charge in [-0.2, -0.15) is 4.31 Å². The van der Waals surface area contributed by atoms with Gasteiger partial charge in [0.05, 0.1) is 23.8 Å². The van der Waals surface area contributed by atoms with E-state index in [-0.39, 0.29) is 54.7 Å². The van der Waals surface area contributed by atoms with Gasteiger partial charge >= 0.3 is 0 Å². The molecule has 4 rings (SSSR count). The fourth-order valence-electron chi connectivity index (χ4n) is 3.97. The zero-order chi connectivity index (χ0) is 23.4. The van der Waals surface area contributed by atoms with E-state index in [0.717, 1.165) is 6.07 Å². The number of piperidine rings is 1. The second-order valence-corrected chi connectivity index (χ2v) is 9.65. The van der Waals surface area contributed by atoms with Crippen LogP contribution in [0.5, 0.6) is 0 Å². The van der Waals surface area contributed by atoms with Crippen LogP contribution in [0.2, 0.25) is 0 Å². The first-order valence-electron chi connectivity index (χ1n) is 10.6. The van der Waals surface area contributed by atoms with E-state index in [9.17, 15) is 23.3 Å². The molecule has 176 valence electrons. The Morgan fingerprint density at radius 1 is 1.12 bits per heavy atom. The number of carbonyl (C=O) groups is 1. The Morgan fingerprint density at radius 3 is 2.42 bits per heavy atom. The number of hydrogen-bond acceptors (Lipinski definition) is 9. The molecule has 2 aliphatic rings. The van der Waals surface area contributed by atoms with Crippen LogP contribution in [0.15, 0.2) is 41.6 Å². The van der Waals surface area contributed by atoms with Gasteiger partial charge in [0.15, 0.2) is 0 Å². The van der Waals surface area contributed by atoms with Gasteiger partial charge in [-0.1, -0.05) is 0 Å². The van der Waals surface area contributed by atoms with Crippen molar-refractivity contribution in [1.82, 2.24) is 14.3 Å². The zero-order valence-corrected chi connectivity index (χ0v) is 18.6. The normalized spacial score (nSPS) is 18.1. The van der Waals surface area contributed by atoms with Crippen LogP contribution in [-0.2, 0) is 19.6 Å². The second kappa shape index (κ2) is 9.77. The fraction of sp³-hybridized carbons (Fsp3) is 0.450. The Morgan fingerprint density at radius 2 is 1.79 bits per heavy atom. The number of benzene rings is 1. The van der Waals surface area contributed by atoms with E-state index in [2.05, 4.69) is 15.3 Å². The van der Waals surface area contributed by atoms with Gasteiger partial charge in [0.1, 0.15) is 4.90 Å². The summed E-state index contributed by atoms with van der Waals surface area (Å²) in [5.41, 5.74) is 0.111. The first-order chi connectivity index (χ1) is 15.9. The van der Waals surface area contributed by atoms with Gasteiger partial charge in [-0.05, 0) is 25.0 Å². The minimum absolute atomic E-state index is 0.0980. The molecule has 2 aliphatic heterocycles. The Bertz CT molecular complexity index is 1120. The number of carbonyl (C=O) groups excluding carboxylic acids is 1. The molecule has 0 radical (unpaired) electrons. The lowest BCUT2D eigenvalue weighted by molar-refractivity contribution is -0.385. The van der Waals surface area contributed by atoms with Gasteiger partial charge in [-0.3, -0.25) is 20.2 Å². The van der Waals surface area contributed by atoms with Crippen LogP contribution >= 0.6 is 0 Å². The van der Waals surface area contributed by atoms with Crippen LogP contribution in [0.1, 0.15) is 12.8 Å². The summed E-state index contributed by atoms with van der Waals surface area (Å²) in [6.07, 6.45) is 4.06. The molecule has 0 atom stereocenters. The summed E-state index contributed by atoms with van der Waals surface area (Å²) in [6, 6.07) is 5.55. The van der Waals surface area contributed by atoms with Gasteiger partial charge in [0.25, 0.3) is 5.69 Å². The second-order valence-electron chi connectivity index (χ2n) is 7.75. The first kappa shape index (κ1) is 23.0. The summed E-state index contributed by atoms with van der Waals surface area (Å²) in [5.74, 6) is -0.229. The third kappa shape index (κ3) is 5.10. The number of non-ortho nitro benzene ring substituents is 1. The maximum absolute atomic E-state index is 13.3. The van der Waals surface area contributed by atoms with E-state index in [1.807, 2.05) is 4.90 Å². The van der Waals surface area contributed by atoms with Crippen LogP contribution in [0, 0.1) is 16.0 Å². The Kier molecular flexibility index (Phi) is 6.81. The molecule has 0 spiro atoms. The number of nitrogens with zero attached hydrogens (tertiary/aromatic N) is 5. The standard InChI is InChI=1S/C20H24N6O6S/c27-19(23-20-21-6-1-7-22-20)15-4-8-24(9-5-15)17-3-2-16(26(28)29)14-18(17)33(30,31)25-10-12-32-13-11-25/h1-3,6-7,14-15H,4-5,8-13H2,(H,21,22,23,27). The topological polar surface area (TPSA) is 148 Å². The highest BCUT2D eigenvalue weighted by molar-refractivity contribution is 7.89. The highest BCUT2D eigenvalue weighted by Gasteiger charge is 2.33. The minimum atomic E-state index is -3.96. The van der Waals surface area contributed by atoms with Crippen molar-refractivity contribution in [3.63, 3.8) is 0 Å². The minimum Gasteiger partial charge on any atom is -0.379 e. The maximum atomic E-state index is 13.3. The average Bonchev–Trinajstić information content (AvgIpc) is 2.85. The average molecular weight is 477 g/mol. The van der Waals surface area contributed by atoms with E-state index in [4.69, 9.17) is 4.74 Å². The van der Waals surface area contributed by atoms with Crippen LogP contribution in [0.4, 0.5) is 17.3 Å². The molecule has 0 bridgehead atoms. The number of sulfonamides is 1. The summed E-state index contributed by atoms with van der Waals surface area (Å²) >= 11 is 0. The van der Waals surface area contributed by atoms with E-state index in [1.54, 1.807) is 6.07 Å². The lowest BCUT2D eigenvalue weighted by Crippen LogP contribution is -2.42. The number of ether oxygens (including phenoxy) is 1. The molecular formula is C20H24N6O6S. The van der Waals surface area contributed by atoms with Crippen molar-refractivity contribution >= 4 is 33.3 Å². The summed E-state index contributed by atoms with van der Waals surface area (Å²) in [7, 11) is -3.96. The third-order valence-electron chi connectivity index (χ3n) is 5.75. The number of rotatable bonds is 6. The van der Waals surface area contributed by atoms with Crippen LogP contribution in [0.3, 0.4) is 0 Å². The number of amides is 1. The molecule has 33 heavy (non-hydrogen) atoms. The number of nitrogens with one attached hydrogen (secondary N) is 1. The van der Waals surface area contributed by atoms with Crippen molar-refractivity contribution in [3.8, 4) is 0 Å². The van der Waals surface area contributed by atoms with E-state index < -0.39 is 14.9 Å². The Hall–Kier alpha value is -3.16. The molecular weight excluding hydrogens is 452 g/mol. The molecule has 1 amide bonds. The lowest BCUT2D eigenvalue weighted by Gasteiger charge is -2.35.